The van der Waals surface area contributed by atoms with Gasteiger partial charge in [-0.15, -0.1) is 0 Å². The molecule has 0 aliphatic rings. The molecular weight excluding hydrogens is 253 g/mol. The van der Waals surface area contributed by atoms with E-state index in [2.05, 4.69) is 0 Å². The zero-order chi connectivity index (χ0) is 12.6. The van der Waals surface area contributed by atoms with E-state index < -0.39 is 17.5 Å². The van der Waals surface area contributed by atoms with Gasteiger partial charge in [0.1, 0.15) is 11.6 Å². The Morgan fingerprint density at radius 3 is 2.18 bits per heavy atom. The van der Waals surface area contributed by atoms with Crippen molar-refractivity contribution < 1.29 is 18.3 Å². The summed E-state index contributed by atoms with van der Waals surface area (Å²) in [6.07, 6.45) is 0. The molecular formula is C12H6ClF3O. The van der Waals surface area contributed by atoms with Gasteiger partial charge < -0.3 is 5.11 Å². The fourth-order valence-corrected chi connectivity index (χ4v) is 1.60. The number of aromatic hydroxyl groups is 1. The molecule has 0 atom stereocenters. The summed E-state index contributed by atoms with van der Waals surface area (Å²) in [7, 11) is 0. The van der Waals surface area contributed by atoms with Gasteiger partial charge >= 0.3 is 0 Å². The van der Waals surface area contributed by atoms with Crippen molar-refractivity contribution in [2.24, 2.45) is 0 Å². The lowest BCUT2D eigenvalue weighted by molar-refractivity contribution is 0.475. The minimum Gasteiger partial charge on any atom is -0.506 e. The summed E-state index contributed by atoms with van der Waals surface area (Å²) in [5.41, 5.74) is 0.134. The van der Waals surface area contributed by atoms with Gasteiger partial charge in [-0.1, -0.05) is 17.7 Å². The van der Waals surface area contributed by atoms with Crippen LogP contribution < -0.4 is 0 Å². The first-order valence-electron chi connectivity index (χ1n) is 4.62. The van der Waals surface area contributed by atoms with Crippen LogP contribution in [0.1, 0.15) is 0 Å². The number of benzene rings is 2. The maximum Gasteiger partial charge on any atom is 0.161 e. The van der Waals surface area contributed by atoms with Crippen molar-refractivity contribution in [3.63, 3.8) is 0 Å². The minimum absolute atomic E-state index is 0.00614. The summed E-state index contributed by atoms with van der Waals surface area (Å²) in [6, 6.07) is 5.08. The molecule has 0 aliphatic carbocycles. The summed E-state index contributed by atoms with van der Waals surface area (Å²) in [5, 5.41) is 9.20. The average molecular weight is 259 g/mol. The second kappa shape index (κ2) is 4.30. The van der Waals surface area contributed by atoms with Gasteiger partial charge in [-0.05, 0) is 23.8 Å². The minimum atomic E-state index is -1.25. The van der Waals surface area contributed by atoms with Crippen LogP contribution in [0, 0.1) is 17.5 Å². The number of rotatable bonds is 1. The van der Waals surface area contributed by atoms with Crippen LogP contribution >= 0.6 is 11.6 Å². The third-order valence-corrected chi connectivity index (χ3v) is 2.57. The van der Waals surface area contributed by atoms with E-state index in [0.717, 1.165) is 6.07 Å². The summed E-state index contributed by atoms with van der Waals surface area (Å²) in [5.74, 6) is -3.47. The lowest BCUT2D eigenvalue weighted by Gasteiger charge is -2.06. The summed E-state index contributed by atoms with van der Waals surface area (Å²) < 4.78 is 39.2. The maximum atomic E-state index is 13.4. The van der Waals surface area contributed by atoms with E-state index in [4.69, 9.17) is 11.6 Å². The topological polar surface area (TPSA) is 20.2 Å². The van der Waals surface area contributed by atoms with Crippen LogP contribution in [-0.2, 0) is 0 Å². The average Bonchev–Trinajstić information content (AvgIpc) is 2.27. The predicted octanol–water partition coefficient (Wildman–Crippen LogP) is 4.13. The number of phenols is 1. The van der Waals surface area contributed by atoms with Crippen LogP contribution in [0.5, 0.6) is 5.75 Å². The molecule has 2 rings (SSSR count). The van der Waals surface area contributed by atoms with Crippen molar-refractivity contribution in [1.82, 2.24) is 0 Å². The van der Waals surface area contributed by atoms with Crippen molar-refractivity contribution in [3.8, 4) is 16.9 Å². The second-order valence-corrected chi connectivity index (χ2v) is 3.82. The quantitative estimate of drug-likeness (QED) is 0.763. The normalized spacial score (nSPS) is 10.6. The Bertz CT molecular complexity index is 584. The Morgan fingerprint density at radius 1 is 0.882 bits per heavy atom. The molecule has 0 heterocycles. The van der Waals surface area contributed by atoms with Crippen molar-refractivity contribution in [2.45, 2.75) is 0 Å². The third-order valence-electron chi connectivity index (χ3n) is 2.27. The molecule has 0 fully saturated rings. The Balaban J connectivity index is 2.60. The highest BCUT2D eigenvalue weighted by molar-refractivity contribution is 6.32. The molecule has 0 bridgehead atoms. The monoisotopic (exact) mass is 258 g/mol. The Morgan fingerprint density at radius 2 is 1.53 bits per heavy atom. The highest BCUT2D eigenvalue weighted by Crippen LogP contribution is 2.31. The molecule has 0 saturated heterocycles. The summed E-state index contributed by atoms with van der Waals surface area (Å²) in [4.78, 5) is 0. The molecule has 0 aromatic heterocycles. The second-order valence-electron chi connectivity index (χ2n) is 3.41. The fourth-order valence-electron chi connectivity index (χ4n) is 1.42. The largest absolute Gasteiger partial charge is 0.506 e. The number of phenolic OH excluding ortho intramolecular Hbond substituents is 1. The Labute approximate surface area is 100 Å². The highest BCUT2D eigenvalue weighted by Gasteiger charge is 2.12. The lowest BCUT2D eigenvalue weighted by Crippen LogP contribution is -1.91. The molecule has 2 aromatic rings. The van der Waals surface area contributed by atoms with Gasteiger partial charge in [0.15, 0.2) is 11.6 Å². The van der Waals surface area contributed by atoms with E-state index in [9.17, 15) is 18.3 Å². The van der Waals surface area contributed by atoms with Gasteiger partial charge in [0.2, 0.25) is 0 Å². The first-order valence-corrected chi connectivity index (χ1v) is 5.00. The first kappa shape index (κ1) is 11.8. The van der Waals surface area contributed by atoms with E-state index in [-0.39, 0.29) is 21.9 Å². The molecule has 0 radical (unpaired) electrons. The van der Waals surface area contributed by atoms with E-state index in [1.54, 1.807) is 0 Å². The molecule has 17 heavy (non-hydrogen) atoms. The van der Waals surface area contributed by atoms with Crippen molar-refractivity contribution in [2.75, 3.05) is 0 Å². The number of hydrogen-bond acceptors (Lipinski definition) is 1. The third kappa shape index (κ3) is 2.22. The van der Waals surface area contributed by atoms with E-state index >= 15 is 0 Å². The maximum absolute atomic E-state index is 13.4. The van der Waals surface area contributed by atoms with Crippen LogP contribution in [-0.4, -0.2) is 5.11 Å². The zero-order valence-electron chi connectivity index (χ0n) is 8.35. The van der Waals surface area contributed by atoms with Gasteiger partial charge in [-0.25, -0.2) is 13.2 Å². The number of hydrogen-bond donors (Lipinski definition) is 1. The van der Waals surface area contributed by atoms with Crippen LogP contribution in [0.2, 0.25) is 5.02 Å². The van der Waals surface area contributed by atoms with Crippen LogP contribution in [0.3, 0.4) is 0 Å². The van der Waals surface area contributed by atoms with E-state index in [1.165, 1.54) is 18.2 Å². The lowest BCUT2D eigenvalue weighted by atomic mass is 10.0. The molecule has 88 valence electrons. The molecule has 1 N–H and O–H groups in total. The standard InChI is InChI=1S/C12H6ClF3O/c13-8-3-6(1-2-12(8)17)7-4-10(15)11(16)5-9(7)14/h1-5,17H. The molecule has 0 aliphatic heterocycles. The molecule has 0 saturated carbocycles. The number of halogens is 4. The van der Waals surface area contributed by atoms with Crippen LogP contribution in [0.4, 0.5) is 13.2 Å². The molecule has 0 spiro atoms. The van der Waals surface area contributed by atoms with Crippen LogP contribution in [0.25, 0.3) is 11.1 Å². The Hall–Kier alpha value is -1.68. The van der Waals surface area contributed by atoms with Gasteiger partial charge in [-0.3, -0.25) is 0 Å². The molecule has 1 nitrogen and oxygen atoms in total. The molecule has 2 aromatic carbocycles. The fraction of sp³-hybridized carbons (Fsp3) is 0. The van der Waals surface area contributed by atoms with Crippen LogP contribution in [0.15, 0.2) is 30.3 Å². The van der Waals surface area contributed by atoms with E-state index in [1.807, 2.05) is 0 Å². The summed E-state index contributed by atoms with van der Waals surface area (Å²) in [6.45, 7) is 0. The highest BCUT2D eigenvalue weighted by atomic mass is 35.5. The predicted molar refractivity (Wildman–Crippen MR) is 58.4 cm³/mol. The Kier molecular flexibility index (Phi) is 2.98. The molecule has 0 unspecified atom stereocenters. The van der Waals surface area contributed by atoms with Crippen molar-refractivity contribution >= 4 is 11.6 Å². The molecule has 0 amide bonds. The van der Waals surface area contributed by atoms with Crippen molar-refractivity contribution in [1.29, 1.82) is 0 Å². The zero-order valence-corrected chi connectivity index (χ0v) is 9.10. The molecule has 5 heteroatoms. The van der Waals surface area contributed by atoms with E-state index in [0.29, 0.717) is 6.07 Å². The van der Waals surface area contributed by atoms with Gasteiger partial charge in [0.05, 0.1) is 5.02 Å². The smallest absolute Gasteiger partial charge is 0.161 e. The van der Waals surface area contributed by atoms with Crippen molar-refractivity contribution in [3.05, 3.63) is 52.8 Å². The van der Waals surface area contributed by atoms with Gasteiger partial charge in [-0.2, -0.15) is 0 Å². The van der Waals surface area contributed by atoms with Gasteiger partial charge in [0, 0.05) is 11.6 Å². The summed E-state index contributed by atoms with van der Waals surface area (Å²) >= 11 is 5.65. The van der Waals surface area contributed by atoms with Gasteiger partial charge in [0.25, 0.3) is 0 Å². The first-order chi connectivity index (χ1) is 7.99. The SMILES string of the molecule is Oc1ccc(-c2cc(F)c(F)cc2F)cc1Cl.